The van der Waals surface area contributed by atoms with E-state index in [4.69, 9.17) is 0 Å². The van der Waals surface area contributed by atoms with Gasteiger partial charge in [0.15, 0.2) is 0 Å². The van der Waals surface area contributed by atoms with Crippen LogP contribution in [-0.2, 0) is 0 Å². The predicted octanol–water partition coefficient (Wildman–Crippen LogP) is 3.45. The molecule has 1 nitrogen and oxygen atoms in total. The molecule has 1 aliphatic rings. The van der Waals surface area contributed by atoms with Gasteiger partial charge in [0.25, 0.3) is 0 Å². The summed E-state index contributed by atoms with van der Waals surface area (Å²) in [4.78, 5) is 0. The van der Waals surface area contributed by atoms with E-state index in [1.165, 1.54) is 32.2 Å². The fraction of sp³-hybridized carbons (Fsp3) is 1.00. The van der Waals surface area contributed by atoms with Crippen molar-refractivity contribution in [3.8, 4) is 0 Å². The van der Waals surface area contributed by atoms with E-state index in [-0.39, 0.29) is 0 Å². The number of hydrogen-bond donors (Lipinski definition) is 1. The third-order valence-electron chi connectivity index (χ3n) is 3.75. The second-order valence-electron chi connectivity index (χ2n) is 5.39. The molecule has 14 heavy (non-hydrogen) atoms. The van der Waals surface area contributed by atoms with Crippen molar-refractivity contribution < 1.29 is 0 Å². The van der Waals surface area contributed by atoms with Crippen molar-refractivity contribution in [2.24, 2.45) is 17.8 Å². The molecular formula is C13H27N. The van der Waals surface area contributed by atoms with Crippen molar-refractivity contribution in [2.45, 2.75) is 59.4 Å². The molecule has 0 saturated heterocycles. The summed E-state index contributed by atoms with van der Waals surface area (Å²) in [6, 6.07) is 0.869. The number of nitrogens with one attached hydrogen (secondary N) is 1. The topological polar surface area (TPSA) is 12.0 Å². The van der Waals surface area contributed by atoms with Crippen LogP contribution < -0.4 is 5.32 Å². The fourth-order valence-corrected chi connectivity index (χ4v) is 1.87. The summed E-state index contributed by atoms with van der Waals surface area (Å²) in [5.74, 6) is 2.61. The SMILES string of the molecule is CCC(C)CC(C)C(C)CNC1CC1. The molecule has 84 valence electrons. The first-order valence-corrected chi connectivity index (χ1v) is 6.36. The lowest BCUT2D eigenvalue weighted by Gasteiger charge is -2.23. The fourth-order valence-electron chi connectivity index (χ4n) is 1.87. The molecule has 1 aliphatic carbocycles. The average Bonchev–Trinajstić information content (AvgIpc) is 2.97. The first kappa shape index (κ1) is 12.0. The number of rotatable bonds is 7. The van der Waals surface area contributed by atoms with Crippen molar-refractivity contribution >= 4 is 0 Å². The maximum Gasteiger partial charge on any atom is 0.00683 e. The molecule has 1 rings (SSSR count). The van der Waals surface area contributed by atoms with Gasteiger partial charge in [-0.15, -0.1) is 0 Å². The molecule has 1 fully saturated rings. The van der Waals surface area contributed by atoms with Gasteiger partial charge in [0, 0.05) is 6.04 Å². The van der Waals surface area contributed by atoms with E-state index in [1.54, 1.807) is 0 Å². The van der Waals surface area contributed by atoms with Crippen molar-refractivity contribution in [2.75, 3.05) is 6.54 Å². The van der Waals surface area contributed by atoms with Crippen LogP contribution >= 0.6 is 0 Å². The first-order valence-electron chi connectivity index (χ1n) is 6.36. The zero-order valence-corrected chi connectivity index (χ0v) is 10.3. The molecule has 0 aliphatic heterocycles. The van der Waals surface area contributed by atoms with Gasteiger partial charge in [0.2, 0.25) is 0 Å². The minimum absolute atomic E-state index is 0.838. The Kier molecular flexibility index (Phi) is 4.94. The summed E-state index contributed by atoms with van der Waals surface area (Å²) < 4.78 is 0. The van der Waals surface area contributed by atoms with Gasteiger partial charge in [-0.2, -0.15) is 0 Å². The Morgan fingerprint density at radius 1 is 1.14 bits per heavy atom. The molecule has 3 unspecified atom stereocenters. The summed E-state index contributed by atoms with van der Waals surface area (Å²) >= 11 is 0. The van der Waals surface area contributed by atoms with Gasteiger partial charge >= 0.3 is 0 Å². The highest BCUT2D eigenvalue weighted by Gasteiger charge is 2.22. The molecule has 0 radical (unpaired) electrons. The highest BCUT2D eigenvalue weighted by Crippen LogP contribution is 2.23. The quantitative estimate of drug-likeness (QED) is 0.659. The lowest BCUT2D eigenvalue weighted by molar-refractivity contribution is 0.299. The lowest BCUT2D eigenvalue weighted by atomic mass is 9.86. The van der Waals surface area contributed by atoms with Gasteiger partial charge in [-0.25, -0.2) is 0 Å². The van der Waals surface area contributed by atoms with E-state index in [2.05, 4.69) is 33.0 Å². The molecular weight excluding hydrogens is 170 g/mol. The summed E-state index contributed by atoms with van der Waals surface area (Å²) in [6.07, 6.45) is 5.54. The highest BCUT2D eigenvalue weighted by atomic mass is 14.9. The van der Waals surface area contributed by atoms with Crippen LogP contribution in [0.4, 0.5) is 0 Å². The summed E-state index contributed by atoms with van der Waals surface area (Å²) in [5.41, 5.74) is 0. The van der Waals surface area contributed by atoms with Crippen LogP contribution in [0.2, 0.25) is 0 Å². The average molecular weight is 197 g/mol. The second kappa shape index (κ2) is 5.75. The third-order valence-corrected chi connectivity index (χ3v) is 3.75. The molecule has 1 heteroatoms. The minimum Gasteiger partial charge on any atom is -0.314 e. The monoisotopic (exact) mass is 197 g/mol. The second-order valence-corrected chi connectivity index (χ2v) is 5.39. The Bertz CT molecular complexity index is 151. The minimum atomic E-state index is 0.838. The van der Waals surface area contributed by atoms with Crippen LogP contribution in [0.25, 0.3) is 0 Å². The Labute approximate surface area is 89.7 Å². The molecule has 0 amide bonds. The van der Waals surface area contributed by atoms with Crippen molar-refractivity contribution in [3.05, 3.63) is 0 Å². The zero-order chi connectivity index (χ0) is 10.6. The molecule has 0 aromatic heterocycles. The molecule has 1 N–H and O–H groups in total. The first-order chi connectivity index (χ1) is 6.63. The Balaban J connectivity index is 2.10. The van der Waals surface area contributed by atoms with E-state index >= 15 is 0 Å². The maximum absolute atomic E-state index is 3.63. The maximum atomic E-state index is 3.63. The van der Waals surface area contributed by atoms with Crippen molar-refractivity contribution in [3.63, 3.8) is 0 Å². The highest BCUT2D eigenvalue weighted by molar-refractivity contribution is 4.82. The molecule has 0 aromatic carbocycles. The van der Waals surface area contributed by atoms with Crippen LogP contribution in [0.1, 0.15) is 53.4 Å². The zero-order valence-electron chi connectivity index (χ0n) is 10.3. The third kappa shape index (κ3) is 4.45. The van der Waals surface area contributed by atoms with Gasteiger partial charge in [0.1, 0.15) is 0 Å². The van der Waals surface area contributed by atoms with Crippen LogP contribution in [0.5, 0.6) is 0 Å². The van der Waals surface area contributed by atoms with Gasteiger partial charge in [-0.05, 0) is 43.6 Å². The van der Waals surface area contributed by atoms with Crippen molar-refractivity contribution in [1.82, 2.24) is 5.32 Å². The van der Waals surface area contributed by atoms with Crippen LogP contribution in [0, 0.1) is 17.8 Å². The Morgan fingerprint density at radius 3 is 2.29 bits per heavy atom. The Hall–Kier alpha value is -0.0400. The smallest absolute Gasteiger partial charge is 0.00683 e. The predicted molar refractivity (Wildman–Crippen MR) is 63.4 cm³/mol. The molecule has 0 aromatic rings. The largest absolute Gasteiger partial charge is 0.314 e. The van der Waals surface area contributed by atoms with Crippen molar-refractivity contribution in [1.29, 1.82) is 0 Å². The van der Waals surface area contributed by atoms with Gasteiger partial charge in [-0.1, -0.05) is 34.1 Å². The van der Waals surface area contributed by atoms with Crippen LogP contribution in [0.15, 0.2) is 0 Å². The molecule has 0 heterocycles. The molecule has 3 atom stereocenters. The standard InChI is InChI=1S/C13H27N/c1-5-10(2)8-11(3)12(4)9-14-13-6-7-13/h10-14H,5-9H2,1-4H3. The summed E-state index contributed by atoms with van der Waals surface area (Å²) in [7, 11) is 0. The van der Waals surface area contributed by atoms with Gasteiger partial charge in [0.05, 0.1) is 0 Å². The molecule has 1 saturated carbocycles. The van der Waals surface area contributed by atoms with E-state index in [0.29, 0.717) is 0 Å². The van der Waals surface area contributed by atoms with E-state index in [1.807, 2.05) is 0 Å². The Morgan fingerprint density at radius 2 is 1.79 bits per heavy atom. The molecule has 0 spiro atoms. The number of hydrogen-bond acceptors (Lipinski definition) is 1. The summed E-state index contributed by atoms with van der Waals surface area (Å²) in [5, 5.41) is 3.63. The van der Waals surface area contributed by atoms with E-state index in [9.17, 15) is 0 Å². The van der Waals surface area contributed by atoms with Gasteiger partial charge in [-0.3, -0.25) is 0 Å². The van der Waals surface area contributed by atoms with Gasteiger partial charge < -0.3 is 5.32 Å². The van der Waals surface area contributed by atoms with Crippen LogP contribution in [0.3, 0.4) is 0 Å². The normalized spacial score (nSPS) is 23.1. The summed E-state index contributed by atoms with van der Waals surface area (Å²) in [6.45, 7) is 10.7. The van der Waals surface area contributed by atoms with Crippen LogP contribution in [-0.4, -0.2) is 12.6 Å². The van der Waals surface area contributed by atoms with E-state index < -0.39 is 0 Å². The van der Waals surface area contributed by atoms with E-state index in [0.717, 1.165) is 23.8 Å². The lowest BCUT2D eigenvalue weighted by Crippen LogP contribution is -2.27. The molecule has 0 bridgehead atoms.